The van der Waals surface area contributed by atoms with Crippen LogP contribution in [0.1, 0.15) is 39.9 Å². The van der Waals surface area contributed by atoms with E-state index in [4.69, 9.17) is 10.3 Å². The number of rotatable bonds is 7. The fraction of sp³-hybridized carbons (Fsp3) is 0.250. The third-order valence-corrected chi connectivity index (χ3v) is 5.48. The number of nitrogens with one attached hydrogen (secondary N) is 1. The van der Waals surface area contributed by atoms with Crippen molar-refractivity contribution in [1.82, 2.24) is 9.97 Å². The van der Waals surface area contributed by atoms with Crippen LogP contribution in [-0.4, -0.2) is 41.6 Å². The molecule has 2 aromatic heterocycles. The highest BCUT2D eigenvalue weighted by atomic mass is 32.2. The number of aromatic amines is 1. The van der Waals surface area contributed by atoms with Crippen LogP contribution in [0, 0.1) is 5.82 Å². The molecular formula is C20H20FN3O5S. The molecule has 3 rings (SSSR count). The summed E-state index contributed by atoms with van der Waals surface area (Å²) in [6, 6.07) is 7.63. The van der Waals surface area contributed by atoms with E-state index >= 15 is 0 Å². The maximum atomic E-state index is 13.1. The summed E-state index contributed by atoms with van der Waals surface area (Å²) in [5.41, 5.74) is 6.55. The zero-order chi connectivity index (χ0) is 22.0. The monoisotopic (exact) mass is 433 g/mol. The molecule has 0 bridgehead atoms. The zero-order valence-corrected chi connectivity index (χ0v) is 16.8. The Labute approximate surface area is 173 Å². The van der Waals surface area contributed by atoms with Crippen molar-refractivity contribution in [3.8, 4) is 0 Å². The summed E-state index contributed by atoms with van der Waals surface area (Å²) in [6.45, 7) is 1.52. The standard InChI is InChI=1S/C20H20FN3O5S/c1-10(15(25)9-30(28)29)16-17(19(22)26)20(27)24-14-7-12(8-23-18(14)16)6-11-2-4-13(21)5-3-11/h2-5,7-8,10,15,25H,6,9H2,1H3,(H2,22,26)(H,24,27)(H,28,29). The number of carbonyl (C=O) groups is 1. The Morgan fingerprint density at radius 2 is 1.97 bits per heavy atom. The van der Waals surface area contributed by atoms with E-state index in [1.165, 1.54) is 19.1 Å². The second-order valence-electron chi connectivity index (χ2n) is 6.99. The number of fused-ring (bicyclic) bond motifs is 1. The molecular weight excluding hydrogens is 413 g/mol. The van der Waals surface area contributed by atoms with E-state index in [1.54, 1.807) is 24.4 Å². The van der Waals surface area contributed by atoms with Gasteiger partial charge in [-0.05, 0) is 35.7 Å². The fourth-order valence-electron chi connectivity index (χ4n) is 3.35. The molecule has 0 aliphatic carbocycles. The molecule has 5 N–H and O–H groups in total. The van der Waals surface area contributed by atoms with Gasteiger partial charge in [-0.15, -0.1) is 0 Å². The normalized spacial score (nSPS) is 14.4. The molecule has 0 saturated carbocycles. The average molecular weight is 433 g/mol. The highest BCUT2D eigenvalue weighted by Gasteiger charge is 2.28. The van der Waals surface area contributed by atoms with Crippen LogP contribution in [-0.2, 0) is 17.5 Å². The second-order valence-corrected chi connectivity index (χ2v) is 7.97. The summed E-state index contributed by atoms with van der Waals surface area (Å²) < 4.78 is 33.3. The number of aliphatic hydroxyl groups excluding tert-OH is 1. The SMILES string of the molecule is CC(c1c(C(N)=O)c(=O)[nH]c2cc(Cc3ccc(F)cc3)cnc12)C(O)CS(=O)O. The lowest BCUT2D eigenvalue weighted by molar-refractivity contribution is 0.0996. The first-order valence-electron chi connectivity index (χ1n) is 9.02. The molecule has 0 aliphatic rings. The van der Waals surface area contributed by atoms with Crippen molar-refractivity contribution in [2.24, 2.45) is 5.73 Å². The van der Waals surface area contributed by atoms with Gasteiger partial charge in [0.25, 0.3) is 11.5 Å². The molecule has 158 valence electrons. The van der Waals surface area contributed by atoms with Crippen molar-refractivity contribution in [2.45, 2.75) is 25.4 Å². The first kappa shape index (κ1) is 21.8. The maximum absolute atomic E-state index is 13.1. The van der Waals surface area contributed by atoms with E-state index < -0.39 is 40.3 Å². The lowest BCUT2D eigenvalue weighted by atomic mass is 9.90. The van der Waals surface area contributed by atoms with Crippen molar-refractivity contribution in [1.29, 1.82) is 0 Å². The Hall–Kier alpha value is -2.95. The first-order valence-corrected chi connectivity index (χ1v) is 10.3. The minimum atomic E-state index is -2.27. The lowest BCUT2D eigenvalue weighted by Crippen LogP contribution is -2.31. The number of halogens is 1. The molecule has 0 fully saturated rings. The summed E-state index contributed by atoms with van der Waals surface area (Å²) in [5, 5.41) is 10.3. The van der Waals surface area contributed by atoms with Gasteiger partial charge in [-0.1, -0.05) is 19.1 Å². The molecule has 1 aromatic carbocycles. The van der Waals surface area contributed by atoms with Gasteiger partial charge in [0.2, 0.25) is 0 Å². The van der Waals surface area contributed by atoms with E-state index in [0.717, 1.165) is 11.1 Å². The Kier molecular flexibility index (Phi) is 6.40. The van der Waals surface area contributed by atoms with Crippen LogP contribution in [0.4, 0.5) is 4.39 Å². The van der Waals surface area contributed by atoms with Crippen molar-refractivity contribution < 1.29 is 23.1 Å². The number of nitrogens with two attached hydrogens (primary N) is 1. The first-order chi connectivity index (χ1) is 14.2. The van der Waals surface area contributed by atoms with Crippen LogP contribution < -0.4 is 11.3 Å². The molecule has 0 aliphatic heterocycles. The van der Waals surface area contributed by atoms with Gasteiger partial charge in [0.05, 0.1) is 22.9 Å². The van der Waals surface area contributed by atoms with E-state index in [0.29, 0.717) is 11.9 Å². The average Bonchev–Trinajstić information content (AvgIpc) is 2.67. The van der Waals surface area contributed by atoms with Gasteiger partial charge < -0.3 is 20.4 Å². The van der Waals surface area contributed by atoms with Crippen molar-refractivity contribution in [3.05, 3.63) is 75.0 Å². The molecule has 1 amide bonds. The van der Waals surface area contributed by atoms with Gasteiger partial charge >= 0.3 is 0 Å². The van der Waals surface area contributed by atoms with Gasteiger partial charge in [-0.2, -0.15) is 0 Å². The Morgan fingerprint density at radius 1 is 1.30 bits per heavy atom. The van der Waals surface area contributed by atoms with E-state index in [9.17, 15) is 23.3 Å². The third-order valence-electron chi connectivity index (χ3n) is 4.86. The van der Waals surface area contributed by atoms with Gasteiger partial charge in [-0.25, -0.2) is 8.60 Å². The summed E-state index contributed by atoms with van der Waals surface area (Å²) in [4.78, 5) is 31.4. The van der Waals surface area contributed by atoms with E-state index in [2.05, 4.69) is 9.97 Å². The van der Waals surface area contributed by atoms with Gasteiger partial charge in [0.15, 0.2) is 11.1 Å². The van der Waals surface area contributed by atoms with Crippen LogP contribution in [0.2, 0.25) is 0 Å². The highest BCUT2D eigenvalue weighted by Crippen LogP contribution is 2.28. The largest absolute Gasteiger partial charge is 0.391 e. The fourth-order valence-corrected chi connectivity index (χ4v) is 3.93. The summed E-state index contributed by atoms with van der Waals surface area (Å²) in [7, 11) is 0. The predicted octanol–water partition coefficient (Wildman–Crippen LogP) is 1.44. The zero-order valence-electron chi connectivity index (χ0n) is 16.0. The highest BCUT2D eigenvalue weighted by molar-refractivity contribution is 7.79. The minimum Gasteiger partial charge on any atom is -0.391 e. The summed E-state index contributed by atoms with van der Waals surface area (Å²) in [6.07, 6.45) is 0.668. The van der Waals surface area contributed by atoms with Crippen molar-refractivity contribution in [3.63, 3.8) is 0 Å². The number of aromatic nitrogens is 2. The predicted molar refractivity (Wildman–Crippen MR) is 110 cm³/mol. The summed E-state index contributed by atoms with van der Waals surface area (Å²) in [5.74, 6) is -2.66. The second kappa shape index (κ2) is 8.82. The number of hydrogen-bond acceptors (Lipinski definition) is 5. The smallest absolute Gasteiger partial charge is 0.261 e. The topological polar surface area (TPSA) is 146 Å². The Morgan fingerprint density at radius 3 is 2.57 bits per heavy atom. The van der Waals surface area contributed by atoms with Crippen LogP contribution in [0.15, 0.2) is 41.3 Å². The lowest BCUT2D eigenvalue weighted by Gasteiger charge is -2.21. The number of pyridine rings is 2. The molecule has 0 radical (unpaired) electrons. The maximum Gasteiger partial charge on any atom is 0.261 e. The molecule has 10 heteroatoms. The number of carbonyl (C=O) groups excluding carboxylic acids is 1. The number of primary amides is 1. The Bertz CT molecular complexity index is 1180. The van der Waals surface area contributed by atoms with E-state index in [1.807, 2.05) is 0 Å². The Balaban J connectivity index is 2.11. The van der Waals surface area contributed by atoms with Crippen molar-refractivity contribution in [2.75, 3.05) is 5.75 Å². The molecule has 3 aromatic rings. The number of nitrogens with zero attached hydrogens (tertiary/aromatic N) is 1. The molecule has 3 unspecified atom stereocenters. The van der Waals surface area contributed by atoms with Crippen LogP contribution in [0.5, 0.6) is 0 Å². The van der Waals surface area contributed by atoms with Crippen LogP contribution in [0.3, 0.4) is 0 Å². The molecule has 0 spiro atoms. The molecule has 3 atom stereocenters. The molecule has 2 heterocycles. The number of aliphatic hydroxyl groups is 1. The van der Waals surface area contributed by atoms with Crippen molar-refractivity contribution >= 4 is 28.0 Å². The van der Waals surface area contributed by atoms with Crippen LogP contribution in [0.25, 0.3) is 11.0 Å². The number of H-pyrrole nitrogens is 1. The third kappa shape index (κ3) is 4.61. The molecule has 0 saturated heterocycles. The minimum absolute atomic E-state index is 0.118. The van der Waals surface area contributed by atoms with Gasteiger partial charge in [0, 0.05) is 17.7 Å². The molecule has 30 heavy (non-hydrogen) atoms. The van der Waals surface area contributed by atoms with Crippen LogP contribution >= 0.6 is 0 Å². The van der Waals surface area contributed by atoms with Gasteiger partial charge in [-0.3, -0.25) is 14.6 Å². The summed E-state index contributed by atoms with van der Waals surface area (Å²) >= 11 is -2.27. The van der Waals surface area contributed by atoms with Gasteiger partial charge in [0.1, 0.15) is 11.4 Å². The molecule has 8 nitrogen and oxygen atoms in total. The number of amides is 1. The number of hydrogen-bond donors (Lipinski definition) is 4. The quantitative estimate of drug-likeness (QED) is 0.415. The van der Waals surface area contributed by atoms with E-state index in [-0.39, 0.29) is 22.5 Å². The number of benzene rings is 1.